The Labute approximate surface area is 134 Å². The SMILES string of the molecule is CCC=CC[C@H]1[C@H](CCCCCCCC(=O)O)[C@H](O)C[C@@H]1O. The molecule has 4 atom stereocenters. The Hall–Kier alpha value is -0.870. The van der Waals surface area contributed by atoms with Crippen LogP contribution in [0.1, 0.15) is 71.1 Å². The molecule has 0 saturated heterocycles. The van der Waals surface area contributed by atoms with Crippen molar-refractivity contribution in [2.45, 2.75) is 83.3 Å². The zero-order valence-corrected chi connectivity index (χ0v) is 13.8. The summed E-state index contributed by atoms with van der Waals surface area (Å²) in [6.45, 7) is 2.10. The van der Waals surface area contributed by atoms with Crippen LogP contribution in [-0.2, 0) is 4.79 Å². The Morgan fingerprint density at radius 3 is 2.32 bits per heavy atom. The fourth-order valence-electron chi connectivity index (χ4n) is 3.51. The minimum Gasteiger partial charge on any atom is -0.481 e. The second kappa shape index (κ2) is 10.8. The maximum atomic E-state index is 10.4. The maximum Gasteiger partial charge on any atom is 0.303 e. The van der Waals surface area contributed by atoms with Gasteiger partial charge in [0.2, 0.25) is 0 Å². The summed E-state index contributed by atoms with van der Waals surface area (Å²) in [5.41, 5.74) is 0. The lowest BCUT2D eigenvalue weighted by Crippen LogP contribution is -2.21. The van der Waals surface area contributed by atoms with Crippen molar-refractivity contribution in [3.05, 3.63) is 12.2 Å². The highest BCUT2D eigenvalue weighted by Gasteiger charge is 2.40. The molecule has 1 fully saturated rings. The molecule has 1 saturated carbocycles. The molecule has 3 N–H and O–H groups in total. The third-order valence-corrected chi connectivity index (χ3v) is 4.76. The molecule has 0 aromatic heterocycles. The smallest absolute Gasteiger partial charge is 0.303 e. The number of aliphatic hydroxyl groups excluding tert-OH is 2. The van der Waals surface area contributed by atoms with Crippen LogP contribution in [0, 0.1) is 11.8 Å². The van der Waals surface area contributed by atoms with Crippen LogP contribution in [0.15, 0.2) is 12.2 Å². The van der Waals surface area contributed by atoms with Crippen LogP contribution >= 0.6 is 0 Å². The van der Waals surface area contributed by atoms with E-state index in [1.54, 1.807) is 0 Å². The number of carboxylic acid groups (broad SMARTS) is 1. The van der Waals surface area contributed by atoms with Crippen LogP contribution in [0.4, 0.5) is 0 Å². The summed E-state index contributed by atoms with van der Waals surface area (Å²) < 4.78 is 0. The van der Waals surface area contributed by atoms with E-state index < -0.39 is 5.97 Å². The van der Waals surface area contributed by atoms with E-state index in [9.17, 15) is 15.0 Å². The van der Waals surface area contributed by atoms with E-state index in [1.807, 2.05) is 0 Å². The summed E-state index contributed by atoms with van der Waals surface area (Å²) in [5.74, 6) is -0.327. The van der Waals surface area contributed by atoms with Crippen molar-refractivity contribution >= 4 is 5.97 Å². The number of rotatable bonds is 11. The van der Waals surface area contributed by atoms with Gasteiger partial charge in [-0.25, -0.2) is 0 Å². The van der Waals surface area contributed by atoms with Crippen molar-refractivity contribution in [3.63, 3.8) is 0 Å². The van der Waals surface area contributed by atoms with E-state index in [2.05, 4.69) is 19.1 Å². The molecule has 4 nitrogen and oxygen atoms in total. The van der Waals surface area contributed by atoms with E-state index >= 15 is 0 Å². The van der Waals surface area contributed by atoms with Crippen molar-refractivity contribution in [1.82, 2.24) is 0 Å². The fraction of sp³-hybridized carbons (Fsp3) is 0.833. The van der Waals surface area contributed by atoms with E-state index in [0.29, 0.717) is 6.42 Å². The van der Waals surface area contributed by atoms with Crippen LogP contribution in [0.25, 0.3) is 0 Å². The lowest BCUT2D eigenvalue weighted by atomic mass is 9.86. The van der Waals surface area contributed by atoms with Crippen LogP contribution in [0.2, 0.25) is 0 Å². The predicted octanol–water partition coefficient (Wildman–Crippen LogP) is 3.52. The van der Waals surface area contributed by atoms with Gasteiger partial charge < -0.3 is 15.3 Å². The average molecular weight is 312 g/mol. The number of carbonyl (C=O) groups is 1. The molecule has 0 bridgehead atoms. The molecule has 1 rings (SSSR count). The molecular weight excluding hydrogens is 280 g/mol. The zero-order valence-electron chi connectivity index (χ0n) is 13.8. The highest BCUT2D eigenvalue weighted by atomic mass is 16.4. The summed E-state index contributed by atoms with van der Waals surface area (Å²) >= 11 is 0. The summed E-state index contributed by atoms with van der Waals surface area (Å²) in [6.07, 6.45) is 12.0. The number of aliphatic hydroxyl groups is 2. The second-order valence-corrected chi connectivity index (χ2v) is 6.51. The summed E-state index contributed by atoms with van der Waals surface area (Å²) in [4.78, 5) is 10.4. The Kier molecular flexibility index (Phi) is 9.41. The number of aliphatic carboxylic acids is 1. The van der Waals surface area contributed by atoms with Gasteiger partial charge in [-0.15, -0.1) is 0 Å². The number of hydrogen-bond acceptors (Lipinski definition) is 3. The van der Waals surface area contributed by atoms with E-state index in [4.69, 9.17) is 5.11 Å². The van der Waals surface area contributed by atoms with Crippen molar-refractivity contribution in [2.75, 3.05) is 0 Å². The van der Waals surface area contributed by atoms with Crippen LogP contribution in [0.3, 0.4) is 0 Å². The normalized spacial score (nSPS) is 28.5. The van der Waals surface area contributed by atoms with Gasteiger partial charge in [0.1, 0.15) is 0 Å². The van der Waals surface area contributed by atoms with Gasteiger partial charge in [-0.2, -0.15) is 0 Å². The number of carboxylic acids is 1. The largest absolute Gasteiger partial charge is 0.481 e. The molecular formula is C18H32O4. The predicted molar refractivity (Wildman–Crippen MR) is 87.6 cm³/mol. The first-order chi connectivity index (χ1) is 10.6. The van der Waals surface area contributed by atoms with Gasteiger partial charge in [-0.1, -0.05) is 44.8 Å². The first kappa shape index (κ1) is 19.2. The quantitative estimate of drug-likeness (QED) is 0.403. The lowest BCUT2D eigenvalue weighted by molar-refractivity contribution is -0.137. The first-order valence-corrected chi connectivity index (χ1v) is 8.79. The summed E-state index contributed by atoms with van der Waals surface area (Å²) in [5, 5.41) is 28.8. The van der Waals surface area contributed by atoms with Gasteiger partial charge in [0.05, 0.1) is 12.2 Å². The van der Waals surface area contributed by atoms with Gasteiger partial charge >= 0.3 is 5.97 Å². The Bertz CT molecular complexity index is 340. The van der Waals surface area contributed by atoms with Crippen LogP contribution in [0.5, 0.6) is 0 Å². The number of allylic oxidation sites excluding steroid dienone is 2. The van der Waals surface area contributed by atoms with Gasteiger partial charge in [0.15, 0.2) is 0 Å². The Morgan fingerprint density at radius 2 is 1.64 bits per heavy atom. The minimum absolute atomic E-state index is 0.185. The highest BCUT2D eigenvalue weighted by Crippen LogP contribution is 2.38. The van der Waals surface area contributed by atoms with Gasteiger partial charge in [-0.05, 0) is 43.9 Å². The molecule has 0 spiro atoms. The molecule has 0 unspecified atom stereocenters. The van der Waals surface area contributed by atoms with Gasteiger partial charge in [0.25, 0.3) is 0 Å². The molecule has 22 heavy (non-hydrogen) atoms. The molecule has 1 aliphatic carbocycles. The molecule has 0 aromatic rings. The fourth-order valence-corrected chi connectivity index (χ4v) is 3.51. The Morgan fingerprint density at radius 1 is 1.00 bits per heavy atom. The molecule has 4 heteroatoms. The third kappa shape index (κ3) is 6.93. The van der Waals surface area contributed by atoms with Crippen molar-refractivity contribution in [3.8, 4) is 0 Å². The van der Waals surface area contributed by atoms with Crippen LogP contribution < -0.4 is 0 Å². The topological polar surface area (TPSA) is 77.8 Å². The summed E-state index contributed by atoms with van der Waals surface area (Å²) in [7, 11) is 0. The summed E-state index contributed by atoms with van der Waals surface area (Å²) in [6, 6.07) is 0. The van der Waals surface area contributed by atoms with Gasteiger partial charge in [0, 0.05) is 6.42 Å². The van der Waals surface area contributed by atoms with Crippen molar-refractivity contribution in [1.29, 1.82) is 0 Å². The minimum atomic E-state index is -0.717. The molecule has 0 amide bonds. The molecule has 1 aliphatic rings. The van der Waals surface area contributed by atoms with Crippen molar-refractivity contribution in [2.24, 2.45) is 11.8 Å². The molecule has 0 aromatic carbocycles. The monoisotopic (exact) mass is 312 g/mol. The van der Waals surface area contributed by atoms with E-state index in [1.165, 1.54) is 0 Å². The van der Waals surface area contributed by atoms with E-state index in [0.717, 1.165) is 51.4 Å². The van der Waals surface area contributed by atoms with E-state index in [-0.39, 0.29) is 30.5 Å². The number of hydrogen-bond donors (Lipinski definition) is 3. The standard InChI is InChI=1S/C18H32O4/c1-2-3-7-10-14-15(17(20)13-16(14)19)11-8-5-4-6-9-12-18(21)22/h3,7,14-17,19-20H,2,4-6,8-13H2,1H3,(H,21,22)/t14-,15-,16-,17+/m0/s1. The maximum absolute atomic E-state index is 10.4. The Balaban J connectivity index is 2.23. The lowest BCUT2D eigenvalue weighted by Gasteiger charge is -2.22. The average Bonchev–Trinajstić information content (AvgIpc) is 2.72. The molecule has 0 aliphatic heterocycles. The molecule has 0 radical (unpaired) electrons. The van der Waals surface area contributed by atoms with Crippen LogP contribution in [-0.4, -0.2) is 33.5 Å². The third-order valence-electron chi connectivity index (χ3n) is 4.76. The first-order valence-electron chi connectivity index (χ1n) is 8.79. The van der Waals surface area contributed by atoms with Crippen molar-refractivity contribution < 1.29 is 20.1 Å². The zero-order chi connectivity index (χ0) is 16.4. The highest BCUT2D eigenvalue weighted by molar-refractivity contribution is 5.66. The molecule has 128 valence electrons. The molecule has 0 heterocycles. The van der Waals surface area contributed by atoms with Gasteiger partial charge in [-0.3, -0.25) is 4.79 Å². The number of unbranched alkanes of at least 4 members (excludes halogenated alkanes) is 4. The second-order valence-electron chi connectivity index (χ2n) is 6.51.